The van der Waals surface area contributed by atoms with Crippen molar-refractivity contribution in [1.29, 1.82) is 0 Å². The van der Waals surface area contributed by atoms with Crippen LogP contribution < -0.4 is 5.32 Å². The molecule has 0 aliphatic rings. The summed E-state index contributed by atoms with van der Waals surface area (Å²) in [5, 5.41) is 2.85. The lowest BCUT2D eigenvalue weighted by Crippen LogP contribution is -2.27. The van der Waals surface area contributed by atoms with Crippen LogP contribution >= 0.6 is 11.3 Å². The van der Waals surface area contributed by atoms with Crippen molar-refractivity contribution in [2.24, 2.45) is 0 Å². The molecule has 1 heterocycles. The topological polar surface area (TPSA) is 77.5 Å². The number of rotatable bonds is 4. The Labute approximate surface area is 144 Å². The van der Waals surface area contributed by atoms with E-state index in [1.807, 2.05) is 30.3 Å². The molecule has 1 N–H and O–H groups in total. The smallest absolute Gasteiger partial charge is 0.413 e. The van der Waals surface area contributed by atoms with E-state index in [2.05, 4.69) is 10.3 Å². The van der Waals surface area contributed by atoms with Crippen molar-refractivity contribution in [2.75, 3.05) is 11.9 Å². The molecule has 2 aromatic rings. The van der Waals surface area contributed by atoms with Crippen molar-refractivity contribution in [2.45, 2.75) is 33.3 Å². The Balaban J connectivity index is 2.31. The van der Waals surface area contributed by atoms with Gasteiger partial charge >= 0.3 is 12.1 Å². The number of hydrogen-bond donors (Lipinski definition) is 1. The number of nitrogens with one attached hydrogen (secondary N) is 1. The molecule has 1 amide bonds. The minimum Gasteiger partial charge on any atom is -0.461 e. The zero-order valence-electron chi connectivity index (χ0n) is 14.1. The van der Waals surface area contributed by atoms with Crippen LogP contribution in [0.25, 0.3) is 10.4 Å². The highest BCUT2D eigenvalue weighted by Crippen LogP contribution is 2.33. The van der Waals surface area contributed by atoms with E-state index in [9.17, 15) is 9.59 Å². The van der Waals surface area contributed by atoms with Gasteiger partial charge in [-0.05, 0) is 33.3 Å². The highest BCUT2D eigenvalue weighted by atomic mass is 32.1. The first-order chi connectivity index (χ1) is 11.3. The van der Waals surface area contributed by atoms with Gasteiger partial charge in [0.1, 0.15) is 5.60 Å². The Morgan fingerprint density at radius 3 is 2.46 bits per heavy atom. The molecule has 0 fully saturated rings. The summed E-state index contributed by atoms with van der Waals surface area (Å²) in [5.74, 6) is -0.523. The van der Waals surface area contributed by atoms with Gasteiger partial charge in [-0.3, -0.25) is 5.32 Å². The molecule has 0 bridgehead atoms. The van der Waals surface area contributed by atoms with Crippen LogP contribution in [0.3, 0.4) is 0 Å². The molecular formula is C17H20N2O4S. The molecule has 6 nitrogen and oxygen atoms in total. The van der Waals surface area contributed by atoms with Gasteiger partial charge in [-0.1, -0.05) is 41.7 Å². The lowest BCUT2D eigenvalue weighted by atomic mass is 10.1. The van der Waals surface area contributed by atoms with E-state index in [-0.39, 0.29) is 17.4 Å². The fraction of sp³-hybridized carbons (Fsp3) is 0.353. The number of aromatic nitrogens is 1. The monoisotopic (exact) mass is 348 g/mol. The predicted molar refractivity (Wildman–Crippen MR) is 93.4 cm³/mol. The van der Waals surface area contributed by atoms with Crippen LogP contribution in [0.4, 0.5) is 9.93 Å². The van der Waals surface area contributed by atoms with Crippen molar-refractivity contribution < 1.29 is 19.1 Å². The fourth-order valence-corrected chi connectivity index (χ4v) is 2.83. The van der Waals surface area contributed by atoms with Gasteiger partial charge in [-0.15, -0.1) is 0 Å². The molecule has 0 saturated carbocycles. The van der Waals surface area contributed by atoms with Crippen LogP contribution in [0.5, 0.6) is 0 Å². The number of carbonyl (C=O) groups excluding carboxylic acids is 2. The Kier molecular flexibility index (Phi) is 5.56. The molecular weight excluding hydrogens is 328 g/mol. The van der Waals surface area contributed by atoms with Crippen molar-refractivity contribution in [3.05, 3.63) is 36.0 Å². The third-order valence-corrected chi connectivity index (χ3v) is 3.76. The van der Waals surface area contributed by atoms with Crippen LogP contribution in [0.15, 0.2) is 30.3 Å². The van der Waals surface area contributed by atoms with Gasteiger partial charge in [0.15, 0.2) is 10.8 Å². The Bertz CT molecular complexity index is 720. The van der Waals surface area contributed by atoms with Crippen LogP contribution in [-0.2, 0) is 9.47 Å². The minimum atomic E-state index is -0.619. The quantitative estimate of drug-likeness (QED) is 0.832. The van der Waals surface area contributed by atoms with E-state index in [0.717, 1.165) is 5.56 Å². The predicted octanol–water partition coefficient (Wildman–Crippen LogP) is 4.33. The van der Waals surface area contributed by atoms with E-state index in [1.165, 1.54) is 11.3 Å². The molecule has 2 rings (SSSR count). The second kappa shape index (κ2) is 7.44. The summed E-state index contributed by atoms with van der Waals surface area (Å²) in [5.41, 5.74) is 0.391. The third-order valence-electron chi connectivity index (χ3n) is 2.74. The molecule has 128 valence electrons. The number of amides is 1. The van der Waals surface area contributed by atoms with E-state index in [4.69, 9.17) is 9.47 Å². The molecule has 0 spiro atoms. The Hall–Kier alpha value is -2.41. The molecule has 0 atom stereocenters. The van der Waals surface area contributed by atoms with Crippen LogP contribution in [-0.4, -0.2) is 29.3 Å². The van der Waals surface area contributed by atoms with Gasteiger partial charge in [-0.25, -0.2) is 14.6 Å². The maximum Gasteiger partial charge on any atom is 0.413 e. The summed E-state index contributed by atoms with van der Waals surface area (Å²) in [6.45, 7) is 7.29. The first-order valence-corrected chi connectivity index (χ1v) is 8.35. The lowest BCUT2D eigenvalue weighted by Gasteiger charge is -2.18. The number of thiazole rings is 1. The van der Waals surface area contributed by atoms with Gasteiger partial charge in [0, 0.05) is 0 Å². The first kappa shape index (κ1) is 17.9. The summed E-state index contributed by atoms with van der Waals surface area (Å²) in [6.07, 6.45) is -0.619. The van der Waals surface area contributed by atoms with Gasteiger partial charge in [0.05, 0.1) is 11.5 Å². The highest BCUT2D eigenvalue weighted by molar-refractivity contribution is 7.19. The van der Waals surface area contributed by atoms with Crippen molar-refractivity contribution in [1.82, 2.24) is 4.98 Å². The Morgan fingerprint density at radius 2 is 1.88 bits per heavy atom. The maximum absolute atomic E-state index is 12.1. The van der Waals surface area contributed by atoms with Crippen LogP contribution in [0.2, 0.25) is 0 Å². The summed E-state index contributed by atoms with van der Waals surface area (Å²) in [4.78, 5) is 28.9. The van der Waals surface area contributed by atoms with Crippen LogP contribution in [0, 0.1) is 0 Å². The van der Waals surface area contributed by atoms with Gasteiger partial charge in [0.2, 0.25) is 0 Å². The van der Waals surface area contributed by atoms with Crippen molar-refractivity contribution >= 4 is 28.5 Å². The second-order valence-corrected chi connectivity index (χ2v) is 6.91. The first-order valence-electron chi connectivity index (χ1n) is 7.53. The normalized spacial score (nSPS) is 11.0. The SMILES string of the molecule is CCOC(=O)c1nc(NC(=O)OC(C)(C)C)sc1-c1ccccc1. The summed E-state index contributed by atoms with van der Waals surface area (Å²) >= 11 is 1.20. The number of benzene rings is 1. The highest BCUT2D eigenvalue weighted by Gasteiger charge is 2.23. The fourth-order valence-electron chi connectivity index (χ4n) is 1.89. The Morgan fingerprint density at radius 1 is 1.21 bits per heavy atom. The molecule has 0 unspecified atom stereocenters. The number of esters is 1. The average Bonchev–Trinajstić information content (AvgIpc) is 2.90. The third kappa shape index (κ3) is 4.79. The molecule has 1 aromatic heterocycles. The summed E-state index contributed by atoms with van der Waals surface area (Å²) < 4.78 is 10.3. The van der Waals surface area contributed by atoms with Crippen molar-refractivity contribution in [3.63, 3.8) is 0 Å². The van der Waals surface area contributed by atoms with Gasteiger partial charge in [-0.2, -0.15) is 0 Å². The number of anilines is 1. The second-order valence-electron chi connectivity index (χ2n) is 5.91. The summed E-state index contributed by atoms with van der Waals surface area (Å²) in [6, 6.07) is 9.35. The van der Waals surface area contributed by atoms with E-state index < -0.39 is 17.7 Å². The van der Waals surface area contributed by atoms with E-state index in [0.29, 0.717) is 4.88 Å². The minimum absolute atomic E-state index is 0.180. The zero-order chi connectivity index (χ0) is 17.7. The molecule has 1 aromatic carbocycles. The molecule has 0 aliphatic carbocycles. The zero-order valence-corrected chi connectivity index (χ0v) is 14.9. The lowest BCUT2D eigenvalue weighted by molar-refractivity contribution is 0.0519. The number of carbonyl (C=O) groups is 2. The van der Waals surface area contributed by atoms with Gasteiger partial charge < -0.3 is 9.47 Å². The average molecular weight is 348 g/mol. The van der Waals surface area contributed by atoms with E-state index in [1.54, 1.807) is 27.7 Å². The van der Waals surface area contributed by atoms with Crippen LogP contribution in [0.1, 0.15) is 38.2 Å². The molecule has 0 aliphatic heterocycles. The largest absolute Gasteiger partial charge is 0.461 e. The number of hydrogen-bond acceptors (Lipinski definition) is 6. The molecule has 0 saturated heterocycles. The molecule has 24 heavy (non-hydrogen) atoms. The number of nitrogens with zero attached hydrogens (tertiary/aromatic N) is 1. The maximum atomic E-state index is 12.1. The molecule has 0 radical (unpaired) electrons. The molecule has 7 heteroatoms. The number of ether oxygens (including phenoxy) is 2. The standard InChI is InChI=1S/C17H20N2O4S/c1-5-22-14(20)12-13(11-9-7-6-8-10-11)24-15(18-12)19-16(21)23-17(2,3)4/h6-10H,5H2,1-4H3,(H,18,19,21). The van der Waals surface area contributed by atoms with E-state index >= 15 is 0 Å². The van der Waals surface area contributed by atoms with Gasteiger partial charge in [0.25, 0.3) is 0 Å². The van der Waals surface area contributed by atoms with Crippen molar-refractivity contribution in [3.8, 4) is 10.4 Å². The summed E-state index contributed by atoms with van der Waals surface area (Å²) in [7, 11) is 0.